The average molecular weight is 290 g/mol. The van der Waals surface area contributed by atoms with E-state index in [2.05, 4.69) is 5.32 Å². The second kappa shape index (κ2) is 5.95. The van der Waals surface area contributed by atoms with Gasteiger partial charge in [-0.25, -0.2) is 0 Å². The maximum absolute atomic E-state index is 12.2. The predicted molar refractivity (Wildman–Crippen MR) is 76.9 cm³/mol. The van der Waals surface area contributed by atoms with Gasteiger partial charge >= 0.3 is 5.97 Å². The number of hydrogen-bond acceptors (Lipinski definition) is 3. The molecule has 112 valence electrons. The maximum Gasteiger partial charge on any atom is 0.307 e. The van der Waals surface area contributed by atoms with E-state index in [0.29, 0.717) is 24.1 Å². The molecule has 0 spiro atoms. The van der Waals surface area contributed by atoms with Gasteiger partial charge in [-0.15, -0.1) is 0 Å². The van der Waals surface area contributed by atoms with E-state index in [0.717, 1.165) is 0 Å². The minimum atomic E-state index is -0.945. The van der Waals surface area contributed by atoms with Gasteiger partial charge in [-0.05, 0) is 25.0 Å². The lowest BCUT2D eigenvalue weighted by atomic mass is 9.73. The number of carboxylic acid groups (broad SMARTS) is 1. The molecule has 1 aromatic carbocycles. The quantitative estimate of drug-likeness (QED) is 0.878. The molecule has 1 aliphatic carbocycles. The Balaban J connectivity index is 2.15. The molecule has 0 bridgehead atoms. The molecule has 2 rings (SSSR count). The fraction of sp³-hybridized carbons (Fsp3) is 0.400. The fourth-order valence-corrected chi connectivity index (χ4v) is 2.35. The number of carbonyl (C=O) groups excluding carboxylic acids is 2. The number of hydrogen-bond donors (Lipinski definition) is 2. The third-order valence-corrected chi connectivity index (χ3v) is 3.75. The first-order chi connectivity index (χ1) is 9.91. The number of nitrogens with zero attached hydrogens (tertiary/aromatic N) is 1. The van der Waals surface area contributed by atoms with Gasteiger partial charge in [-0.2, -0.15) is 0 Å². The largest absolute Gasteiger partial charge is 0.481 e. The van der Waals surface area contributed by atoms with Gasteiger partial charge in [0.15, 0.2) is 0 Å². The Morgan fingerprint density at radius 1 is 1.14 bits per heavy atom. The summed E-state index contributed by atoms with van der Waals surface area (Å²) < 4.78 is 0. The number of aliphatic carboxylic acids is 1. The summed E-state index contributed by atoms with van der Waals surface area (Å²) in [7, 11) is 3.26. The second-order valence-electron chi connectivity index (χ2n) is 5.36. The first kappa shape index (κ1) is 15.0. The number of carbonyl (C=O) groups is 3. The zero-order valence-corrected chi connectivity index (χ0v) is 12.0. The molecule has 2 unspecified atom stereocenters. The minimum absolute atomic E-state index is 0.214. The molecule has 2 atom stereocenters. The highest BCUT2D eigenvalue weighted by atomic mass is 16.4. The first-order valence-corrected chi connectivity index (χ1v) is 6.76. The number of carboxylic acids is 1. The van der Waals surface area contributed by atoms with Crippen LogP contribution in [-0.2, 0) is 9.59 Å². The number of anilines is 1. The standard InChI is InChI=1S/C15H18N2O4/c1-17(2)14(19)11-5-3-4-6-12(11)16-13(18)9-7-8-10(9)15(20)21/h3-6,9-10H,7-8H2,1-2H3,(H,16,18)(H,20,21). The summed E-state index contributed by atoms with van der Waals surface area (Å²) in [5.41, 5.74) is 0.805. The van der Waals surface area contributed by atoms with Crippen molar-refractivity contribution in [2.24, 2.45) is 11.8 Å². The second-order valence-corrected chi connectivity index (χ2v) is 5.36. The van der Waals surface area contributed by atoms with Crippen molar-refractivity contribution < 1.29 is 19.5 Å². The fourth-order valence-electron chi connectivity index (χ4n) is 2.35. The van der Waals surface area contributed by atoms with Crippen LogP contribution in [-0.4, -0.2) is 41.9 Å². The van der Waals surface area contributed by atoms with Crippen LogP contribution in [0.2, 0.25) is 0 Å². The predicted octanol–water partition coefficient (Wildman–Crippen LogP) is 1.44. The molecule has 0 saturated heterocycles. The molecule has 6 heteroatoms. The van der Waals surface area contributed by atoms with Gasteiger partial charge in [0.25, 0.3) is 5.91 Å². The van der Waals surface area contributed by atoms with Crippen LogP contribution >= 0.6 is 0 Å². The molecule has 21 heavy (non-hydrogen) atoms. The maximum atomic E-state index is 12.2. The van der Waals surface area contributed by atoms with Crippen LogP contribution in [0.1, 0.15) is 23.2 Å². The molecular weight excluding hydrogens is 272 g/mol. The van der Waals surface area contributed by atoms with E-state index in [-0.39, 0.29) is 11.8 Å². The van der Waals surface area contributed by atoms with E-state index in [4.69, 9.17) is 5.11 Å². The van der Waals surface area contributed by atoms with Crippen LogP contribution in [0.4, 0.5) is 5.69 Å². The molecule has 2 amide bonds. The van der Waals surface area contributed by atoms with E-state index in [1.807, 2.05) is 0 Å². The van der Waals surface area contributed by atoms with Crippen molar-refractivity contribution in [3.63, 3.8) is 0 Å². The van der Waals surface area contributed by atoms with Gasteiger partial charge in [0.2, 0.25) is 5.91 Å². The lowest BCUT2D eigenvalue weighted by molar-refractivity contribution is -0.151. The number of benzene rings is 1. The van der Waals surface area contributed by atoms with Gasteiger partial charge < -0.3 is 15.3 Å². The lowest BCUT2D eigenvalue weighted by Crippen LogP contribution is -2.41. The molecule has 1 saturated carbocycles. The van der Waals surface area contributed by atoms with Crippen molar-refractivity contribution in [1.29, 1.82) is 0 Å². The van der Waals surface area contributed by atoms with Crippen LogP contribution in [0.15, 0.2) is 24.3 Å². The van der Waals surface area contributed by atoms with E-state index < -0.39 is 17.8 Å². The van der Waals surface area contributed by atoms with Crippen molar-refractivity contribution in [1.82, 2.24) is 4.90 Å². The van der Waals surface area contributed by atoms with Crippen LogP contribution in [0.3, 0.4) is 0 Å². The van der Waals surface area contributed by atoms with Gasteiger partial charge in [-0.1, -0.05) is 12.1 Å². The SMILES string of the molecule is CN(C)C(=O)c1ccccc1NC(=O)C1CCC1C(=O)O. The molecule has 0 aliphatic heterocycles. The van der Waals surface area contributed by atoms with E-state index in [9.17, 15) is 14.4 Å². The molecule has 2 N–H and O–H groups in total. The van der Waals surface area contributed by atoms with Gasteiger partial charge in [0.05, 0.1) is 23.1 Å². The van der Waals surface area contributed by atoms with E-state index in [1.54, 1.807) is 38.4 Å². The monoisotopic (exact) mass is 290 g/mol. The number of rotatable bonds is 4. The molecule has 1 fully saturated rings. The molecule has 0 aromatic heterocycles. The van der Waals surface area contributed by atoms with Crippen LogP contribution in [0, 0.1) is 11.8 Å². The first-order valence-electron chi connectivity index (χ1n) is 6.76. The number of para-hydroxylation sites is 1. The Morgan fingerprint density at radius 2 is 1.76 bits per heavy atom. The van der Waals surface area contributed by atoms with E-state index in [1.165, 1.54) is 4.90 Å². The van der Waals surface area contributed by atoms with E-state index >= 15 is 0 Å². The minimum Gasteiger partial charge on any atom is -0.481 e. The molecule has 1 aliphatic rings. The highest BCUT2D eigenvalue weighted by Gasteiger charge is 2.41. The van der Waals surface area contributed by atoms with Crippen molar-refractivity contribution in [2.45, 2.75) is 12.8 Å². The number of nitrogens with one attached hydrogen (secondary N) is 1. The van der Waals surface area contributed by atoms with Crippen LogP contribution in [0.25, 0.3) is 0 Å². The van der Waals surface area contributed by atoms with Crippen molar-refractivity contribution >= 4 is 23.5 Å². The Hall–Kier alpha value is -2.37. The Bertz CT molecular complexity index is 583. The molecular formula is C15H18N2O4. The Labute approximate surface area is 122 Å². The molecule has 6 nitrogen and oxygen atoms in total. The Morgan fingerprint density at radius 3 is 2.29 bits per heavy atom. The van der Waals surface area contributed by atoms with Gasteiger partial charge in [0.1, 0.15) is 0 Å². The summed E-state index contributed by atoms with van der Waals surface area (Å²) in [6, 6.07) is 6.71. The molecule has 0 radical (unpaired) electrons. The summed E-state index contributed by atoms with van der Waals surface area (Å²) in [5.74, 6) is -2.65. The summed E-state index contributed by atoms with van der Waals surface area (Å²) in [6.07, 6.45) is 1.08. The zero-order valence-electron chi connectivity index (χ0n) is 12.0. The normalized spacial score (nSPS) is 20.3. The topological polar surface area (TPSA) is 86.7 Å². The summed E-state index contributed by atoms with van der Waals surface area (Å²) in [5, 5.41) is 11.7. The smallest absolute Gasteiger partial charge is 0.307 e. The molecule has 0 heterocycles. The lowest BCUT2D eigenvalue weighted by Gasteiger charge is -2.32. The summed E-state index contributed by atoms with van der Waals surface area (Å²) in [6.45, 7) is 0. The Kier molecular flexibility index (Phi) is 4.26. The summed E-state index contributed by atoms with van der Waals surface area (Å²) in [4.78, 5) is 36.6. The zero-order chi connectivity index (χ0) is 15.6. The van der Waals surface area contributed by atoms with Crippen LogP contribution < -0.4 is 5.32 Å². The average Bonchev–Trinajstić information content (AvgIpc) is 2.36. The van der Waals surface area contributed by atoms with Crippen LogP contribution in [0.5, 0.6) is 0 Å². The molecule has 1 aromatic rings. The van der Waals surface area contributed by atoms with Crippen molar-refractivity contribution in [3.8, 4) is 0 Å². The van der Waals surface area contributed by atoms with Gasteiger partial charge in [-0.3, -0.25) is 14.4 Å². The third-order valence-electron chi connectivity index (χ3n) is 3.75. The highest BCUT2D eigenvalue weighted by molar-refractivity contribution is 6.04. The van der Waals surface area contributed by atoms with Crippen molar-refractivity contribution in [3.05, 3.63) is 29.8 Å². The summed E-state index contributed by atoms with van der Waals surface area (Å²) >= 11 is 0. The van der Waals surface area contributed by atoms with Gasteiger partial charge in [0, 0.05) is 14.1 Å². The highest BCUT2D eigenvalue weighted by Crippen LogP contribution is 2.35. The third kappa shape index (κ3) is 3.04. The number of amides is 2. The van der Waals surface area contributed by atoms with Crippen molar-refractivity contribution in [2.75, 3.05) is 19.4 Å².